The number of hydrogen-bond acceptors (Lipinski definition) is 5. The molecule has 2 amide bonds. The Labute approximate surface area is 139 Å². The van der Waals surface area contributed by atoms with Crippen LogP contribution in [0.25, 0.3) is 0 Å². The molecule has 3 rings (SSSR count). The molecule has 6 heteroatoms. The number of benzene rings is 2. The van der Waals surface area contributed by atoms with Crippen LogP contribution in [0.2, 0.25) is 0 Å². The summed E-state index contributed by atoms with van der Waals surface area (Å²) < 4.78 is 5.42. The fraction of sp³-hybridized carbons (Fsp3) is 0.167. The van der Waals surface area contributed by atoms with Gasteiger partial charge in [0.1, 0.15) is 11.5 Å². The standard InChI is InChI=1S/C18H16N2O4/c1-2-9-24-13-8-7-12(16(21)10-13)11-19-20-17(22)14-5-3-4-6-15(14)18(20)23/h3-8,10-11,21H,2,9H2,1H3/b19-11+. The maximum absolute atomic E-state index is 12.2. The third kappa shape index (κ3) is 2.86. The van der Waals surface area contributed by atoms with Crippen molar-refractivity contribution < 1.29 is 19.4 Å². The number of amides is 2. The molecule has 1 N–H and O–H groups in total. The van der Waals surface area contributed by atoms with Crippen molar-refractivity contribution in [1.29, 1.82) is 0 Å². The summed E-state index contributed by atoms with van der Waals surface area (Å²) in [6, 6.07) is 11.3. The van der Waals surface area contributed by atoms with Gasteiger partial charge in [-0.15, -0.1) is 0 Å². The number of ether oxygens (including phenoxy) is 1. The topological polar surface area (TPSA) is 79.2 Å². The number of hydrogen-bond donors (Lipinski definition) is 1. The number of rotatable bonds is 5. The largest absolute Gasteiger partial charge is 0.507 e. The van der Waals surface area contributed by atoms with E-state index in [1.165, 1.54) is 12.3 Å². The lowest BCUT2D eigenvalue weighted by Gasteiger charge is -2.08. The van der Waals surface area contributed by atoms with Crippen LogP contribution in [0.5, 0.6) is 11.5 Å². The number of aromatic hydroxyl groups is 1. The maximum atomic E-state index is 12.2. The minimum absolute atomic E-state index is 0.0380. The third-order valence-corrected chi connectivity index (χ3v) is 3.56. The van der Waals surface area contributed by atoms with Gasteiger partial charge in [0.05, 0.1) is 23.9 Å². The number of hydrazone groups is 1. The molecule has 0 unspecified atom stereocenters. The molecular formula is C18H16N2O4. The minimum atomic E-state index is -0.478. The number of carbonyl (C=O) groups is 2. The van der Waals surface area contributed by atoms with Crippen molar-refractivity contribution in [3.63, 3.8) is 0 Å². The van der Waals surface area contributed by atoms with E-state index in [2.05, 4.69) is 5.10 Å². The molecule has 0 saturated heterocycles. The van der Waals surface area contributed by atoms with Crippen molar-refractivity contribution >= 4 is 18.0 Å². The Bertz CT molecular complexity index is 795. The molecule has 0 spiro atoms. The Morgan fingerprint density at radius 3 is 2.38 bits per heavy atom. The third-order valence-electron chi connectivity index (χ3n) is 3.56. The van der Waals surface area contributed by atoms with E-state index in [1.807, 2.05) is 6.92 Å². The fourth-order valence-corrected chi connectivity index (χ4v) is 2.34. The van der Waals surface area contributed by atoms with Crippen LogP contribution in [-0.4, -0.2) is 34.8 Å². The number of phenolic OH excluding ortho intramolecular Hbond substituents is 1. The summed E-state index contributed by atoms with van der Waals surface area (Å²) in [7, 11) is 0. The van der Waals surface area contributed by atoms with Crippen molar-refractivity contribution in [3.8, 4) is 11.5 Å². The van der Waals surface area contributed by atoms with E-state index in [4.69, 9.17) is 4.74 Å². The van der Waals surface area contributed by atoms with Gasteiger partial charge in [-0.2, -0.15) is 10.1 Å². The Balaban J connectivity index is 1.80. The molecule has 1 aliphatic rings. The quantitative estimate of drug-likeness (QED) is 0.677. The smallest absolute Gasteiger partial charge is 0.282 e. The average molecular weight is 324 g/mol. The van der Waals surface area contributed by atoms with Gasteiger partial charge in [0.2, 0.25) is 0 Å². The van der Waals surface area contributed by atoms with Gasteiger partial charge in [0.25, 0.3) is 11.8 Å². The molecule has 0 aromatic heterocycles. The number of imide groups is 1. The van der Waals surface area contributed by atoms with Gasteiger partial charge < -0.3 is 9.84 Å². The van der Waals surface area contributed by atoms with E-state index in [0.717, 1.165) is 11.4 Å². The SMILES string of the molecule is CCCOc1ccc(/C=N/N2C(=O)c3ccccc3C2=O)c(O)c1. The Hall–Kier alpha value is -3.15. The molecule has 0 atom stereocenters. The summed E-state index contributed by atoms with van der Waals surface area (Å²) in [4.78, 5) is 24.4. The summed E-state index contributed by atoms with van der Waals surface area (Å²) in [6.07, 6.45) is 2.14. The van der Waals surface area contributed by atoms with Crippen LogP contribution in [-0.2, 0) is 0 Å². The zero-order valence-corrected chi connectivity index (χ0v) is 13.1. The summed E-state index contributed by atoms with van der Waals surface area (Å²) in [6.45, 7) is 2.55. The summed E-state index contributed by atoms with van der Waals surface area (Å²) in [5.41, 5.74) is 1.04. The lowest BCUT2D eigenvalue weighted by molar-refractivity contribution is 0.0660. The van der Waals surface area contributed by atoms with E-state index < -0.39 is 11.8 Å². The van der Waals surface area contributed by atoms with Crippen LogP contribution < -0.4 is 4.74 Å². The molecule has 6 nitrogen and oxygen atoms in total. The van der Waals surface area contributed by atoms with Gasteiger partial charge in [0.15, 0.2) is 0 Å². The zero-order chi connectivity index (χ0) is 17.1. The molecule has 1 heterocycles. The van der Waals surface area contributed by atoms with Gasteiger partial charge in [0, 0.05) is 11.6 Å². The highest BCUT2D eigenvalue weighted by molar-refractivity contribution is 6.21. The average Bonchev–Trinajstić information content (AvgIpc) is 2.84. The van der Waals surface area contributed by atoms with Crippen LogP contribution >= 0.6 is 0 Å². The summed E-state index contributed by atoms with van der Waals surface area (Å²) in [5.74, 6) is -0.445. The highest BCUT2D eigenvalue weighted by Gasteiger charge is 2.35. The number of carbonyl (C=O) groups excluding carboxylic acids is 2. The van der Waals surface area contributed by atoms with Crippen molar-refractivity contribution in [3.05, 3.63) is 59.2 Å². The van der Waals surface area contributed by atoms with Gasteiger partial charge in [-0.1, -0.05) is 19.1 Å². The van der Waals surface area contributed by atoms with E-state index in [1.54, 1.807) is 36.4 Å². The number of phenols is 1. The van der Waals surface area contributed by atoms with Gasteiger partial charge in [-0.3, -0.25) is 9.59 Å². The first-order valence-electron chi connectivity index (χ1n) is 7.59. The molecule has 2 aromatic rings. The normalized spacial score (nSPS) is 13.6. The van der Waals surface area contributed by atoms with E-state index in [0.29, 0.717) is 29.0 Å². The lowest BCUT2D eigenvalue weighted by atomic mass is 10.1. The first-order chi connectivity index (χ1) is 11.6. The molecular weight excluding hydrogens is 308 g/mol. The zero-order valence-electron chi connectivity index (χ0n) is 13.1. The molecule has 0 aliphatic carbocycles. The van der Waals surface area contributed by atoms with E-state index in [9.17, 15) is 14.7 Å². The van der Waals surface area contributed by atoms with Crippen LogP contribution in [0.4, 0.5) is 0 Å². The fourth-order valence-electron chi connectivity index (χ4n) is 2.34. The Morgan fingerprint density at radius 2 is 1.79 bits per heavy atom. The van der Waals surface area contributed by atoms with Crippen LogP contribution in [0.1, 0.15) is 39.6 Å². The molecule has 122 valence electrons. The monoisotopic (exact) mass is 324 g/mol. The van der Waals surface area contributed by atoms with E-state index >= 15 is 0 Å². The second-order valence-corrected chi connectivity index (χ2v) is 5.28. The van der Waals surface area contributed by atoms with Gasteiger partial charge in [-0.05, 0) is 30.7 Å². The predicted molar refractivity (Wildman–Crippen MR) is 88.4 cm³/mol. The highest BCUT2D eigenvalue weighted by Crippen LogP contribution is 2.25. The van der Waals surface area contributed by atoms with E-state index in [-0.39, 0.29) is 5.75 Å². The van der Waals surface area contributed by atoms with Crippen LogP contribution in [0, 0.1) is 0 Å². The molecule has 1 aliphatic heterocycles. The second-order valence-electron chi connectivity index (χ2n) is 5.28. The summed E-state index contributed by atoms with van der Waals surface area (Å²) in [5, 5.41) is 14.7. The first kappa shape index (κ1) is 15.7. The molecule has 0 bridgehead atoms. The second kappa shape index (κ2) is 6.54. The first-order valence-corrected chi connectivity index (χ1v) is 7.59. The van der Waals surface area contributed by atoms with Crippen molar-refractivity contribution in [1.82, 2.24) is 5.01 Å². The Morgan fingerprint density at radius 1 is 1.12 bits per heavy atom. The number of fused-ring (bicyclic) bond motifs is 1. The van der Waals surface area contributed by atoms with Crippen molar-refractivity contribution in [2.45, 2.75) is 13.3 Å². The highest BCUT2D eigenvalue weighted by atomic mass is 16.5. The molecule has 2 aromatic carbocycles. The van der Waals surface area contributed by atoms with Crippen LogP contribution in [0.15, 0.2) is 47.6 Å². The lowest BCUT2D eigenvalue weighted by Crippen LogP contribution is -2.24. The van der Waals surface area contributed by atoms with Gasteiger partial charge >= 0.3 is 0 Å². The van der Waals surface area contributed by atoms with Crippen LogP contribution in [0.3, 0.4) is 0 Å². The van der Waals surface area contributed by atoms with Crippen molar-refractivity contribution in [2.24, 2.45) is 5.10 Å². The summed E-state index contributed by atoms with van der Waals surface area (Å²) >= 11 is 0. The number of nitrogens with zero attached hydrogens (tertiary/aromatic N) is 2. The van der Waals surface area contributed by atoms with Gasteiger partial charge in [-0.25, -0.2) is 0 Å². The minimum Gasteiger partial charge on any atom is -0.507 e. The Kier molecular flexibility index (Phi) is 4.29. The molecule has 0 fully saturated rings. The molecule has 24 heavy (non-hydrogen) atoms. The van der Waals surface area contributed by atoms with Crippen molar-refractivity contribution in [2.75, 3.05) is 6.61 Å². The molecule has 0 radical (unpaired) electrons. The maximum Gasteiger partial charge on any atom is 0.282 e. The predicted octanol–water partition coefficient (Wildman–Crippen LogP) is 2.81. The molecule has 0 saturated carbocycles.